The molecule has 0 spiro atoms. The van der Waals surface area contributed by atoms with Crippen LogP contribution in [-0.2, 0) is 20.2 Å². The quantitative estimate of drug-likeness (QED) is 0.694. The number of hydrogen-bond acceptors (Lipinski definition) is 4. The van der Waals surface area contributed by atoms with Gasteiger partial charge in [0.1, 0.15) is 0 Å². The molecule has 1 aliphatic rings. The topological polar surface area (TPSA) is 53.3 Å². The van der Waals surface area contributed by atoms with E-state index in [1.807, 2.05) is 13.2 Å². The maximum atomic E-state index is 9.18. The van der Waals surface area contributed by atoms with Gasteiger partial charge in [0.15, 0.2) is 0 Å². The third kappa shape index (κ3) is 2.56. The highest BCUT2D eigenvalue weighted by Crippen LogP contribution is 2.09. The Morgan fingerprint density at radius 2 is 2.20 bits per heavy atom. The van der Waals surface area contributed by atoms with Crippen LogP contribution < -0.4 is 5.32 Å². The summed E-state index contributed by atoms with van der Waals surface area (Å²) in [6.07, 6.45) is 1.89. The van der Waals surface area contributed by atoms with Gasteiger partial charge in [-0.2, -0.15) is 5.10 Å². The van der Waals surface area contributed by atoms with Crippen molar-refractivity contribution in [3.05, 3.63) is 17.5 Å². The van der Waals surface area contributed by atoms with E-state index in [4.69, 9.17) is 0 Å². The number of nitrogens with zero attached hydrogens (tertiary/aromatic N) is 3. The molecule has 84 valence electrons. The minimum Gasteiger partial charge on any atom is -0.392 e. The molecule has 15 heavy (non-hydrogen) atoms. The van der Waals surface area contributed by atoms with Gasteiger partial charge in [-0.15, -0.1) is 0 Å². The summed E-state index contributed by atoms with van der Waals surface area (Å²) in [4.78, 5) is 2.36. The number of piperazine rings is 1. The van der Waals surface area contributed by atoms with Gasteiger partial charge in [0, 0.05) is 51.5 Å². The molecule has 5 heteroatoms. The van der Waals surface area contributed by atoms with E-state index in [1.54, 1.807) is 4.68 Å². The van der Waals surface area contributed by atoms with Crippen molar-refractivity contribution >= 4 is 0 Å². The van der Waals surface area contributed by atoms with E-state index < -0.39 is 0 Å². The predicted molar refractivity (Wildman–Crippen MR) is 57.3 cm³/mol. The van der Waals surface area contributed by atoms with Crippen LogP contribution in [0.4, 0.5) is 0 Å². The Hall–Kier alpha value is -0.910. The lowest BCUT2D eigenvalue weighted by molar-refractivity contribution is 0.226. The van der Waals surface area contributed by atoms with Gasteiger partial charge in [0.05, 0.1) is 12.3 Å². The Morgan fingerprint density at radius 3 is 2.87 bits per heavy atom. The summed E-state index contributed by atoms with van der Waals surface area (Å²) in [6, 6.07) is 0. The number of hydrogen-bond donors (Lipinski definition) is 2. The normalized spacial score (nSPS) is 18.3. The van der Waals surface area contributed by atoms with Crippen LogP contribution in [-0.4, -0.2) is 46.0 Å². The third-order valence-electron chi connectivity index (χ3n) is 2.75. The number of aliphatic hydroxyl groups is 1. The fourth-order valence-corrected chi connectivity index (χ4v) is 1.93. The molecule has 0 aliphatic carbocycles. The molecule has 2 heterocycles. The second-order valence-corrected chi connectivity index (χ2v) is 3.96. The molecule has 0 unspecified atom stereocenters. The van der Waals surface area contributed by atoms with E-state index >= 15 is 0 Å². The summed E-state index contributed by atoms with van der Waals surface area (Å²) >= 11 is 0. The van der Waals surface area contributed by atoms with Crippen molar-refractivity contribution in [2.24, 2.45) is 7.05 Å². The first kappa shape index (κ1) is 10.6. The average molecular weight is 210 g/mol. The molecule has 0 aromatic carbocycles. The van der Waals surface area contributed by atoms with E-state index in [2.05, 4.69) is 15.3 Å². The molecule has 5 nitrogen and oxygen atoms in total. The van der Waals surface area contributed by atoms with Gasteiger partial charge in [0.25, 0.3) is 0 Å². The van der Waals surface area contributed by atoms with E-state index in [-0.39, 0.29) is 6.61 Å². The number of nitrogens with one attached hydrogen (secondary N) is 1. The van der Waals surface area contributed by atoms with Crippen LogP contribution >= 0.6 is 0 Å². The number of aliphatic hydroxyl groups excluding tert-OH is 1. The van der Waals surface area contributed by atoms with Crippen LogP contribution in [0.25, 0.3) is 0 Å². The molecule has 2 N–H and O–H groups in total. The minimum absolute atomic E-state index is 0.0786. The highest BCUT2D eigenvalue weighted by Gasteiger charge is 2.14. The molecule has 1 aliphatic heterocycles. The van der Waals surface area contributed by atoms with Crippen LogP contribution in [0.2, 0.25) is 0 Å². The molecule has 0 bridgehead atoms. The van der Waals surface area contributed by atoms with Crippen molar-refractivity contribution in [3.8, 4) is 0 Å². The Morgan fingerprint density at radius 1 is 1.47 bits per heavy atom. The molecule has 1 fully saturated rings. The van der Waals surface area contributed by atoms with E-state index in [0.29, 0.717) is 0 Å². The fraction of sp³-hybridized carbons (Fsp3) is 0.700. The minimum atomic E-state index is 0.0786. The summed E-state index contributed by atoms with van der Waals surface area (Å²) < 4.78 is 1.77. The SMILES string of the molecule is Cn1cc(CO)c(CN2CCNCC2)n1. The molecular weight excluding hydrogens is 192 g/mol. The number of aromatic nitrogens is 2. The van der Waals surface area contributed by atoms with Gasteiger partial charge >= 0.3 is 0 Å². The van der Waals surface area contributed by atoms with Crippen molar-refractivity contribution < 1.29 is 5.11 Å². The lowest BCUT2D eigenvalue weighted by Gasteiger charge is -2.26. The molecule has 0 saturated carbocycles. The molecule has 1 aromatic heterocycles. The zero-order chi connectivity index (χ0) is 10.7. The van der Waals surface area contributed by atoms with Crippen molar-refractivity contribution in [2.45, 2.75) is 13.2 Å². The van der Waals surface area contributed by atoms with Gasteiger partial charge < -0.3 is 10.4 Å². The van der Waals surface area contributed by atoms with Crippen molar-refractivity contribution in [1.29, 1.82) is 0 Å². The van der Waals surface area contributed by atoms with Crippen LogP contribution in [0.1, 0.15) is 11.3 Å². The van der Waals surface area contributed by atoms with Crippen molar-refractivity contribution in [2.75, 3.05) is 26.2 Å². The fourth-order valence-electron chi connectivity index (χ4n) is 1.93. The van der Waals surface area contributed by atoms with Crippen LogP contribution in [0.5, 0.6) is 0 Å². The van der Waals surface area contributed by atoms with E-state index in [1.165, 1.54) is 0 Å². The van der Waals surface area contributed by atoms with Gasteiger partial charge in [-0.25, -0.2) is 0 Å². The molecule has 0 radical (unpaired) electrons. The maximum Gasteiger partial charge on any atom is 0.0819 e. The van der Waals surface area contributed by atoms with Gasteiger partial charge in [-0.3, -0.25) is 9.58 Å². The summed E-state index contributed by atoms with van der Waals surface area (Å²) in [5.74, 6) is 0. The van der Waals surface area contributed by atoms with Crippen LogP contribution in [0.15, 0.2) is 6.20 Å². The van der Waals surface area contributed by atoms with Gasteiger partial charge in [-0.1, -0.05) is 0 Å². The first-order chi connectivity index (χ1) is 7.29. The summed E-state index contributed by atoms with van der Waals surface area (Å²) in [5, 5.41) is 16.9. The molecular formula is C10H18N4O. The Labute approximate surface area is 89.7 Å². The second-order valence-electron chi connectivity index (χ2n) is 3.96. The lowest BCUT2D eigenvalue weighted by Crippen LogP contribution is -2.43. The average Bonchev–Trinajstić information content (AvgIpc) is 2.60. The van der Waals surface area contributed by atoms with Crippen LogP contribution in [0, 0.1) is 0 Å². The number of rotatable bonds is 3. The van der Waals surface area contributed by atoms with Gasteiger partial charge in [-0.05, 0) is 0 Å². The summed E-state index contributed by atoms with van der Waals surface area (Å²) in [5.41, 5.74) is 1.94. The van der Waals surface area contributed by atoms with E-state index in [0.717, 1.165) is 44.0 Å². The monoisotopic (exact) mass is 210 g/mol. The highest BCUT2D eigenvalue weighted by molar-refractivity contribution is 5.15. The third-order valence-corrected chi connectivity index (χ3v) is 2.75. The Kier molecular flexibility index (Phi) is 3.35. The first-order valence-electron chi connectivity index (χ1n) is 5.35. The molecule has 0 atom stereocenters. The largest absolute Gasteiger partial charge is 0.392 e. The zero-order valence-electron chi connectivity index (χ0n) is 9.11. The summed E-state index contributed by atoms with van der Waals surface area (Å²) in [7, 11) is 1.89. The number of aryl methyl sites for hydroxylation is 1. The molecule has 1 aromatic rings. The van der Waals surface area contributed by atoms with Crippen molar-refractivity contribution in [3.63, 3.8) is 0 Å². The predicted octanol–water partition coefficient (Wildman–Crippen LogP) is -0.682. The zero-order valence-corrected chi connectivity index (χ0v) is 9.11. The Bertz CT molecular complexity index is 317. The second kappa shape index (κ2) is 4.74. The Balaban J connectivity index is 2.02. The maximum absolute atomic E-state index is 9.18. The molecule has 2 rings (SSSR count). The van der Waals surface area contributed by atoms with Crippen molar-refractivity contribution in [1.82, 2.24) is 20.0 Å². The van der Waals surface area contributed by atoms with Gasteiger partial charge in [0.2, 0.25) is 0 Å². The van der Waals surface area contributed by atoms with Crippen LogP contribution in [0.3, 0.4) is 0 Å². The smallest absolute Gasteiger partial charge is 0.0819 e. The summed E-state index contributed by atoms with van der Waals surface area (Å²) in [6.45, 7) is 5.12. The molecule has 1 saturated heterocycles. The highest BCUT2D eigenvalue weighted by atomic mass is 16.3. The standard InChI is InChI=1S/C10H18N4O/c1-13-6-9(8-15)10(12-13)7-14-4-2-11-3-5-14/h6,11,15H,2-5,7-8H2,1H3. The lowest BCUT2D eigenvalue weighted by atomic mass is 10.2. The molecule has 0 amide bonds. The van der Waals surface area contributed by atoms with E-state index in [9.17, 15) is 5.11 Å². The first-order valence-corrected chi connectivity index (χ1v) is 5.35.